The summed E-state index contributed by atoms with van der Waals surface area (Å²) in [6.07, 6.45) is 0. The second-order valence-electron chi connectivity index (χ2n) is 9.47. The van der Waals surface area contributed by atoms with Crippen LogP contribution >= 0.6 is 22.9 Å². The number of thiophene rings is 1. The van der Waals surface area contributed by atoms with E-state index in [0.29, 0.717) is 22.6 Å². The van der Waals surface area contributed by atoms with Crippen LogP contribution in [0.4, 0.5) is 0 Å². The molecule has 0 bridgehead atoms. The maximum absolute atomic E-state index is 6.38. The number of rotatable bonds is 3. The van der Waals surface area contributed by atoms with Crippen molar-refractivity contribution < 1.29 is 0 Å². The predicted molar refractivity (Wildman–Crippen MR) is 163 cm³/mol. The largest absolute Gasteiger partial charge is 0.278 e. The fourth-order valence-corrected chi connectivity index (χ4v) is 6.69. The van der Waals surface area contributed by atoms with E-state index in [9.17, 15) is 0 Å². The summed E-state index contributed by atoms with van der Waals surface area (Å²) in [4.78, 5) is 15.0. The SMILES string of the molecule is Clc1cccc(-c2nc(-c3ccc4c(c3)sc3ccccc34)nc(-n3c4ccccc4c4ccccc43)n2)c1. The monoisotopic (exact) mass is 538 g/mol. The van der Waals surface area contributed by atoms with E-state index in [-0.39, 0.29) is 0 Å². The number of fused-ring (bicyclic) bond motifs is 6. The van der Waals surface area contributed by atoms with Gasteiger partial charge < -0.3 is 0 Å². The molecule has 0 saturated carbocycles. The van der Waals surface area contributed by atoms with Crippen molar-refractivity contribution in [1.29, 1.82) is 0 Å². The van der Waals surface area contributed by atoms with Crippen LogP contribution in [-0.4, -0.2) is 19.5 Å². The van der Waals surface area contributed by atoms with Crippen LogP contribution in [0, 0.1) is 0 Å². The highest BCUT2D eigenvalue weighted by Gasteiger charge is 2.18. The molecule has 3 heterocycles. The van der Waals surface area contributed by atoms with Gasteiger partial charge in [-0.2, -0.15) is 9.97 Å². The standard InChI is InChI=1S/C33H19ClN4S/c34-22-9-7-8-20(18-22)31-35-32(21-16-17-26-25-12-3-6-15-29(25)39-30(26)19-21)37-33(36-31)38-27-13-4-1-10-23(27)24-11-2-5-14-28(24)38/h1-19H. The Bertz CT molecular complexity index is 2160. The molecule has 8 rings (SSSR count). The minimum atomic E-state index is 0.573. The molecule has 8 aromatic rings. The van der Waals surface area contributed by atoms with Gasteiger partial charge in [0.1, 0.15) is 0 Å². The molecule has 184 valence electrons. The van der Waals surface area contributed by atoms with Crippen molar-refractivity contribution in [3.63, 3.8) is 0 Å². The summed E-state index contributed by atoms with van der Waals surface area (Å²) in [5.41, 5.74) is 3.89. The molecule has 6 heteroatoms. The Hall–Kier alpha value is -4.58. The molecule has 0 fully saturated rings. The van der Waals surface area contributed by atoms with E-state index in [2.05, 4.69) is 83.4 Å². The molecule has 4 nitrogen and oxygen atoms in total. The molecule has 5 aromatic carbocycles. The number of benzene rings is 5. The van der Waals surface area contributed by atoms with Gasteiger partial charge in [-0.1, -0.05) is 90.5 Å². The molecular formula is C33H19ClN4S. The van der Waals surface area contributed by atoms with E-state index in [1.807, 2.05) is 36.4 Å². The van der Waals surface area contributed by atoms with Gasteiger partial charge in [0.15, 0.2) is 11.6 Å². The van der Waals surface area contributed by atoms with Gasteiger partial charge in [-0.25, -0.2) is 4.98 Å². The highest BCUT2D eigenvalue weighted by molar-refractivity contribution is 7.25. The first-order valence-electron chi connectivity index (χ1n) is 12.7. The quantitative estimate of drug-likeness (QED) is 0.225. The Balaban J connectivity index is 1.42. The van der Waals surface area contributed by atoms with Gasteiger partial charge in [0.2, 0.25) is 5.95 Å². The molecule has 0 saturated heterocycles. The third-order valence-electron chi connectivity index (χ3n) is 7.12. The van der Waals surface area contributed by atoms with Gasteiger partial charge in [0, 0.05) is 47.1 Å². The summed E-state index contributed by atoms with van der Waals surface area (Å²) < 4.78 is 4.60. The maximum Gasteiger partial charge on any atom is 0.238 e. The van der Waals surface area contributed by atoms with Crippen molar-refractivity contribution in [1.82, 2.24) is 19.5 Å². The molecule has 0 atom stereocenters. The summed E-state index contributed by atoms with van der Waals surface area (Å²) in [5, 5.41) is 5.47. The van der Waals surface area contributed by atoms with Gasteiger partial charge in [-0.15, -0.1) is 11.3 Å². The van der Waals surface area contributed by atoms with Gasteiger partial charge in [-0.05, 0) is 36.4 Å². The van der Waals surface area contributed by atoms with E-state index in [4.69, 9.17) is 26.6 Å². The number of aromatic nitrogens is 4. The number of para-hydroxylation sites is 2. The first-order valence-corrected chi connectivity index (χ1v) is 13.8. The second-order valence-corrected chi connectivity index (χ2v) is 11.0. The number of hydrogen-bond acceptors (Lipinski definition) is 4. The average molecular weight is 539 g/mol. The van der Waals surface area contributed by atoms with E-state index >= 15 is 0 Å². The Morgan fingerprint density at radius 3 is 1.85 bits per heavy atom. The van der Waals surface area contributed by atoms with Crippen molar-refractivity contribution in [2.45, 2.75) is 0 Å². The fraction of sp³-hybridized carbons (Fsp3) is 0. The summed E-state index contributed by atoms with van der Waals surface area (Å²) in [5.74, 6) is 1.77. The molecule has 3 aromatic heterocycles. The van der Waals surface area contributed by atoms with Gasteiger partial charge in [0.25, 0.3) is 0 Å². The maximum atomic E-state index is 6.38. The first kappa shape index (κ1) is 22.4. The van der Waals surface area contributed by atoms with Gasteiger partial charge >= 0.3 is 0 Å². The lowest BCUT2D eigenvalue weighted by Crippen LogP contribution is -2.06. The van der Waals surface area contributed by atoms with Crippen LogP contribution in [0.5, 0.6) is 0 Å². The third-order valence-corrected chi connectivity index (χ3v) is 8.49. The lowest BCUT2D eigenvalue weighted by Gasteiger charge is -2.11. The second kappa shape index (κ2) is 8.73. The molecule has 0 spiro atoms. The zero-order chi connectivity index (χ0) is 25.9. The minimum absolute atomic E-state index is 0.573. The summed E-state index contributed by atoms with van der Waals surface area (Å²) in [6.45, 7) is 0. The molecule has 39 heavy (non-hydrogen) atoms. The Labute approximate surface area is 232 Å². The van der Waals surface area contributed by atoms with Crippen molar-refractivity contribution >= 4 is 64.9 Å². The smallest absolute Gasteiger partial charge is 0.238 e. The molecule has 0 aliphatic heterocycles. The third kappa shape index (κ3) is 3.62. The minimum Gasteiger partial charge on any atom is -0.278 e. The van der Waals surface area contributed by atoms with Crippen molar-refractivity contribution in [2.75, 3.05) is 0 Å². The number of hydrogen-bond donors (Lipinski definition) is 0. The molecule has 0 unspecified atom stereocenters. The van der Waals surface area contributed by atoms with Crippen LogP contribution in [-0.2, 0) is 0 Å². The topological polar surface area (TPSA) is 43.6 Å². The fourth-order valence-electron chi connectivity index (χ4n) is 5.35. The van der Waals surface area contributed by atoms with Crippen molar-refractivity contribution in [3.8, 4) is 28.7 Å². The van der Waals surface area contributed by atoms with Crippen LogP contribution < -0.4 is 0 Å². The highest BCUT2D eigenvalue weighted by atomic mass is 35.5. The van der Waals surface area contributed by atoms with Crippen LogP contribution in [0.15, 0.2) is 115 Å². The molecule has 0 aliphatic carbocycles. The molecule has 0 aliphatic rings. The zero-order valence-electron chi connectivity index (χ0n) is 20.5. The Morgan fingerprint density at radius 1 is 0.513 bits per heavy atom. The first-order chi connectivity index (χ1) is 19.2. The van der Waals surface area contributed by atoms with Crippen LogP contribution in [0.25, 0.3) is 70.7 Å². The molecule has 0 radical (unpaired) electrons. The Morgan fingerprint density at radius 2 is 1.13 bits per heavy atom. The normalized spacial score (nSPS) is 11.7. The van der Waals surface area contributed by atoms with Gasteiger partial charge in [0.05, 0.1) is 11.0 Å². The van der Waals surface area contributed by atoms with E-state index in [1.54, 1.807) is 11.3 Å². The number of halogens is 1. The average Bonchev–Trinajstić information content (AvgIpc) is 3.52. The summed E-state index contributed by atoms with van der Waals surface area (Å²) >= 11 is 8.16. The Kier molecular flexibility index (Phi) is 5.02. The van der Waals surface area contributed by atoms with Crippen LogP contribution in [0.1, 0.15) is 0 Å². The lowest BCUT2D eigenvalue weighted by molar-refractivity contribution is 0.954. The van der Waals surface area contributed by atoms with Crippen LogP contribution in [0.2, 0.25) is 5.02 Å². The van der Waals surface area contributed by atoms with Gasteiger partial charge in [-0.3, -0.25) is 4.57 Å². The molecular weight excluding hydrogens is 520 g/mol. The highest BCUT2D eigenvalue weighted by Crippen LogP contribution is 2.37. The van der Waals surface area contributed by atoms with E-state index in [0.717, 1.165) is 32.9 Å². The summed E-state index contributed by atoms with van der Waals surface area (Å²) in [6, 6.07) is 39.4. The molecule has 0 N–H and O–H groups in total. The summed E-state index contributed by atoms with van der Waals surface area (Å²) in [7, 11) is 0. The lowest BCUT2D eigenvalue weighted by atomic mass is 10.1. The van der Waals surface area contributed by atoms with E-state index in [1.165, 1.54) is 20.2 Å². The zero-order valence-corrected chi connectivity index (χ0v) is 22.1. The molecule has 0 amide bonds. The van der Waals surface area contributed by atoms with Crippen molar-refractivity contribution in [2.24, 2.45) is 0 Å². The van der Waals surface area contributed by atoms with Crippen LogP contribution in [0.3, 0.4) is 0 Å². The van der Waals surface area contributed by atoms with E-state index < -0.39 is 0 Å². The van der Waals surface area contributed by atoms with Crippen molar-refractivity contribution in [3.05, 3.63) is 120 Å². The predicted octanol–water partition coefficient (Wildman–Crippen LogP) is 9.32. The number of nitrogens with zero attached hydrogens (tertiary/aromatic N) is 4.